The molecule has 2 aromatic rings. The second-order valence-corrected chi connectivity index (χ2v) is 5.23. The minimum absolute atomic E-state index is 0.775. The third-order valence-electron chi connectivity index (χ3n) is 2.95. The summed E-state index contributed by atoms with van der Waals surface area (Å²) in [4.78, 5) is 5.62. The Morgan fingerprint density at radius 3 is 2.80 bits per heavy atom. The normalized spacial score (nSPS) is 10.7. The summed E-state index contributed by atoms with van der Waals surface area (Å²) in [7, 11) is 0. The summed E-state index contributed by atoms with van der Waals surface area (Å²) in [5.74, 6) is 0.874. The predicted molar refractivity (Wildman–Crippen MR) is 84.8 cm³/mol. The first kappa shape index (κ1) is 14.9. The maximum absolute atomic E-state index is 5.36. The number of rotatable bonds is 8. The molecule has 0 aliphatic rings. The fourth-order valence-corrected chi connectivity index (χ4v) is 2.31. The lowest BCUT2D eigenvalue weighted by Gasteiger charge is -2.10. The van der Waals surface area contributed by atoms with E-state index in [2.05, 4.69) is 45.4 Å². The van der Waals surface area contributed by atoms with Crippen LogP contribution in [0.1, 0.15) is 13.3 Å². The molecule has 0 fully saturated rings. The molecule has 2 rings (SSSR count). The average molecular weight is 291 g/mol. The molecule has 0 aliphatic heterocycles. The quantitative estimate of drug-likeness (QED) is 0.593. The van der Waals surface area contributed by atoms with Gasteiger partial charge in [-0.1, -0.05) is 0 Å². The van der Waals surface area contributed by atoms with Crippen molar-refractivity contribution in [3.05, 3.63) is 36.7 Å². The minimum Gasteiger partial charge on any atom is -0.382 e. The van der Waals surface area contributed by atoms with Crippen molar-refractivity contribution in [2.75, 3.05) is 24.8 Å². The molecule has 0 amide bonds. The van der Waals surface area contributed by atoms with Gasteiger partial charge in [0.05, 0.1) is 0 Å². The molecule has 1 heterocycles. The van der Waals surface area contributed by atoms with Gasteiger partial charge >= 0.3 is 0 Å². The number of aryl methyl sites for hydroxylation is 1. The van der Waals surface area contributed by atoms with Crippen molar-refractivity contribution in [2.45, 2.75) is 24.8 Å². The van der Waals surface area contributed by atoms with Gasteiger partial charge in [0.15, 0.2) is 0 Å². The zero-order chi connectivity index (χ0) is 14.2. The monoisotopic (exact) mass is 291 g/mol. The molecule has 5 heteroatoms. The van der Waals surface area contributed by atoms with E-state index in [0.29, 0.717) is 0 Å². The Labute approximate surface area is 124 Å². The van der Waals surface area contributed by atoms with Gasteiger partial charge in [-0.15, -0.1) is 11.8 Å². The lowest BCUT2D eigenvalue weighted by molar-refractivity contribution is 0.142. The molecule has 0 atom stereocenters. The molecule has 1 N–H and O–H groups in total. The number of hydrogen-bond acceptors (Lipinski definition) is 4. The number of ether oxygens (including phenoxy) is 1. The van der Waals surface area contributed by atoms with E-state index >= 15 is 0 Å². The van der Waals surface area contributed by atoms with Crippen LogP contribution in [0.25, 0.3) is 0 Å². The number of anilines is 2. The van der Waals surface area contributed by atoms with Crippen LogP contribution in [0.4, 0.5) is 11.6 Å². The summed E-state index contributed by atoms with van der Waals surface area (Å²) in [6.07, 6.45) is 6.88. The Bertz CT molecular complexity index is 510. The highest BCUT2D eigenvalue weighted by atomic mass is 32.2. The number of imidazole rings is 1. The first-order chi connectivity index (χ1) is 9.83. The molecular formula is C15H21N3OS. The van der Waals surface area contributed by atoms with Crippen molar-refractivity contribution >= 4 is 23.4 Å². The van der Waals surface area contributed by atoms with Crippen molar-refractivity contribution in [1.82, 2.24) is 9.55 Å². The number of nitrogens with one attached hydrogen (secondary N) is 1. The summed E-state index contributed by atoms with van der Waals surface area (Å²) in [5.41, 5.74) is 1.06. The van der Waals surface area contributed by atoms with Crippen LogP contribution in [-0.2, 0) is 11.3 Å². The number of nitrogens with zero attached hydrogens (tertiary/aromatic N) is 2. The zero-order valence-electron chi connectivity index (χ0n) is 12.0. The maximum atomic E-state index is 5.36. The third kappa shape index (κ3) is 4.28. The van der Waals surface area contributed by atoms with Crippen LogP contribution < -0.4 is 5.32 Å². The van der Waals surface area contributed by atoms with Crippen LogP contribution >= 0.6 is 11.8 Å². The number of hydrogen-bond donors (Lipinski definition) is 1. The molecule has 20 heavy (non-hydrogen) atoms. The highest BCUT2D eigenvalue weighted by Gasteiger charge is 2.03. The molecule has 0 unspecified atom stereocenters. The lowest BCUT2D eigenvalue weighted by atomic mass is 10.3. The van der Waals surface area contributed by atoms with Crippen molar-refractivity contribution in [3.63, 3.8) is 0 Å². The van der Waals surface area contributed by atoms with E-state index in [1.54, 1.807) is 11.8 Å². The fraction of sp³-hybridized carbons (Fsp3) is 0.400. The van der Waals surface area contributed by atoms with Crippen LogP contribution in [0.5, 0.6) is 0 Å². The summed E-state index contributed by atoms with van der Waals surface area (Å²) < 4.78 is 7.47. The Kier molecular flexibility index (Phi) is 5.95. The van der Waals surface area contributed by atoms with E-state index in [0.717, 1.165) is 37.8 Å². The second-order valence-electron chi connectivity index (χ2n) is 4.35. The van der Waals surface area contributed by atoms with E-state index in [1.165, 1.54) is 4.90 Å². The molecule has 0 radical (unpaired) electrons. The molecule has 108 valence electrons. The summed E-state index contributed by atoms with van der Waals surface area (Å²) in [6, 6.07) is 8.36. The number of thioether (sulfide) groups is 1. The SMILES string of the molecule is CCOCCCn1ccnc1Nc1ccc(SC)cc1. The number of aromatic nitrogens is 2. The minimum atomic E-state index is 0.775. The van der Waals surface area contributed by atoms with Gasteiger partial charge in [0.1, 0.15) is 0 Å². The van der Waals surface area contributed by atoms with Gasteiger partial charge in [0, 0.05) is 42.7 Å². The third-order valence-corrected chi connectivity index (χ3v) is 3.70. The molecule has 0 spiro atoms. The maximum Gasteiger partial charge on any atom is 0.207 e. The molecule has 0 saturated heterocycles. The zero-order valence-corrected chi connectivity index (χ0v) is 12.8. The van der Waals surface area contributed by atoms with Gasteiger partial charge in [-0.05, 0) is 43.9 Å². The molecule has 4 nitrogen and oxygen atoms in total. The summed E-state index contributed by atoms with van der Waals surface area (Å²) in [5, 5.41) is 3.35. The van der Waals surface area contributed by atoms with E-state index < -0.39 is 0 Å². The first-order valence-corrected chi connectivity index (χ1v) is 8.06. The Morgan fingerprint density at radius 1 is 1.30 bits per heavy atom. The summed E-state index contributed by atoms with van der Waals surface area (Å²) in [6.45, 7) is 4.49. The van der Waals surface area contributed by atoms with Gasteiger partial charge < -0.3 is 14.6 Å². The highest BCUT2D eigenvalue weighted by Crippen LogP contribution is 2.20. The molecule has 1 aromatic carbocycles. The van der Waals surface area contributed by atoms with Crippen LogP contribution in [0.2, 0.25) is 0 Å². The van der Waals surface area contributed by atoms with Gasteiger partial charge in [-0.3, -0.25) is 0 Å². The van der Waals surface area contributed by atoms with Crippen molar-refractivity contribution in [3.8, 4) is 0 Å². The predicted octanol–water partition coefficient (Wildman–Crippen LogP) is 3.78. The topological polar surface area (TPSA) is 39.1 Å². The number of benzene rings is 1. The second kappa shape index (κ2) is 7.97. The van der Waals surface area contributed by atoms with Gasteiger partial charge in [0.25, 0.3) is 0 Å². The summed E-state index contributed by atoms with van der Waals surface area (Å²) >= 11 is 1.74. The van der Waals surface area contributed by atoms with Gasteiger partial charge in [-0.25, -0.2) is 4.98 Å². The van der Waals surface area contributed by atoms with Crippen LogP contribution in [0.15, 0.2) is 41.6 Å². The standard InChI is InChI=1S/C15H21N3OS/c1-3-19-12-4-10-18-11-9-16-15(18)17-13-5-7-14(20-2)8-6-13/h5-9,11H,3-4,10,12H2,1-2H3,(H,16,17). The Balaban J connectivity index is 1.93. The molecule has 1 aromatic heterocycles. The van der Waals surface area contributed by atoms with E-state index in [4.69, 9.17) is 4.74 Å². The van der Waals surface area contributed by atoms with E-state index in [-0.39, 0.29) is 0 Å². The van der Waals surface area contributed by atoms with Crippen LogP contribution in [0, 0.1) is 0 Å². The lowest BCUT2D eigenvalue weighted by Crippen LogP contribution is -2.05. The fourth-order valence-electron chi connectivity index (χ4n) is 1.90. The van der Waals surface area contributed by atoms with Gasteiger partial charge in [0.2, 0.25) is 5.95 Å². The molecule has 0 bridgehead atoms. The van der Waals surface area contributed by atoms with Gasteiger partial charge in [-0.2, -0.15) is 0 Å². The van der Waals surface area contributed by atoms with Crippen molar-refractivity contribution in [2.24, 2.45) is 0 Å². The molecule has 0 aliphatic carbocycles. The Hall–Kier alpha value is -1.46. The molecular weight excluding hydrogens is 270 g/mol. The van der Waals surface area contributed by atoms with Crippen molar-refractivity contribution < 1.29 is 4.74 Å². The molecule has 0 saturated carbocycles. The van der Waals surface area contributed by atoms with Crippen LogP contribution in [0.3, 0.4) is 0 Å². The smallest absolute Gasteiger partial charge is 0.207 e. The van der Waals surface area contributed by atoms with E-state index in [1.807, 2.05) is 19.3 Å². The largest absolute Gasteiger partial charge is 0.382 e. The van der Waals surface area contributed by atoms with Crippen LogP contribution in [-0.4, -0.2) is 29.0 Å². The first-order valence-electron chi connectivity index (χ1n) is 6.83. The van der Waals surface area contributed by atoms with E-state index in [9.17, 15) is 0 Å². The highest BCUT2D eigenvalue weighted by molar-refractivity contribution is 7.98. The van der Waals surface area contributed by atoms with Crippen molar-refractivity contribution in [1.29, 1.82) is 0 Å². The average Bonchev–Trinajstić information content (AvgIpc) is 2.92. The Morgan fingerprint density at radius 2 is 2.10 bits per heavy atom.